The van der Waals surface area contributed by atoms with Gasteiger partial charge in [0.15, 0.2) is 0 Å². The van der Waals surface area contributed by atoms with E-state index in [2.05, 4.69) is 11.7 Å². The van der Waals surface area contributed by atoms with E-state index in [-0.39, 0.29) is 6.61 Å². The van der Waals surface area contributed by atoms with Crippen LogP contribution in [0, 0.1) is 12.8 Å². The monoisotopic (exact) mass is 207 g/mol. The number of hydrogen-bond acceptors (Lipinski definition) is 2. The van der Waals surface area contributed by atoms with Gasteiger partial charge in [0.05, 0.1) is 6.61 Å². The molecule has 0 radical (unpaired) electrons. The lowest BCUT2D eigenvalue weighted by molar-refractivity contribution is -0.166. The number of ether oxygens (including phenoxy) is 1. The highest BCUT2D eigenvalue weighted by atomic mass is 19.3. The number of carbonyl (C=O) groups is 1. The van der Waals surface area contributed by atoms with Crippen molar-refractivity contribution in [3.63, 3.8) is 0 Å². The number of halogens is 2. The second-order valence-electron chi connectivity index (χ2n) is 3.52. The molecule has 0 aliphatic carbocycles. The van der Waals surface area contributed by atoms with E-state index in [1.54, 1.807) is 0 Å². The van der Waals surface area contributed by atoms with E-state index in [1.807, 2.05) is 13.8 Å². The summed E-state index contributed by atoms with van der Waals surface area (Å²) in [5, 5.41) is 0. The van der Waals surface area contributed by atoms with Gasteiger partial charge in [0.2, 0.25) is 0 Å². The lowest BCUT2D eigenvalue weighted by Crippen LogP contribution is -2.27. The van der Waals surface area contributed by atoms with Gasteiger partial charge in [-0.3, -0.25) is 0 Å². The van der Waals surface area contributed by atoms with Gasteiger partial charge in [0.25, 0.3) is 0 Å². The van der Waals surface area contributed by atoms with Gasteiger partial charge in [-0.15, -0.1) is 8.78 Å². The zero-order valence-electron chi connectivity index (χ0n) is 8.69. The van der Waals surface area contributed by atoms with Gasteiger partial charge in [0, 0.05) is 0 Å². The van der Waals surface area contributed by atoms with Crippen molar-refractivity contribution in [1.82, 2.24) is 0 Å². The first-order valence-corrected chi connectivity index (χ1v) is 4.78. The fourth-order valence-electron chi connectivity index (χ4n) is 1.10. The Hall–Kier alpha value is -0.800. The van der Waals surface area contributed by atoms with Crippen molar-refractivity contribution < 1.29 is 18.3 Å². The van der Waals surface area contributed by atoms with E-state index >= 15 is 0 Å². The summed E-state index contributed by atoms with van der Waals surface area (Å²) in [4.78, 5) is 10.6. The van der Waals surface area contributed by atoms with Crippen LogP contribution in [0.2, 0.25) is 0 Å². The van der Waals surface area contributed by atoms with Crippen molar-refractivity contribution in [3.05, 3.63) is 6.92 Å². The van der Waals surface area contributed by atoms with Crippen LogP contribution in [0.15, 0.2) is 0 Å². The predicted molar refractivity (Wildman–Crippen MR) is 50.0 cm³/mol. The summed E-state index contributed by atoms with van der Waals surface area (Å²) >= 11 is 0. The van der Waals surface area contributed by atoms with Crippen LogP contribution in [0.3, 0.4) is 0 Å². The second-order valence-corrected chi connectivity index (χ2v) is 3.52. The lowest BCUT2D eigenvalue weighted by Gasteiger charge is -2.10. The van der Waals surface area contributed by atoms with Crippen LogP contribution in [0.25, 0.3) is 0 Å². The third kappa shape index (κ3) is 5.78. The number of carbonyl (C=O) groups excluding carboxylic acids is 1. The largest absolute Gasteiger partial charge is 0.483 e. The molecule has 2 nitrogen and oxygen atoms in total. The molecule has 0 aliphatic heterocycles. The van der Waals surface area contributed by atoms with Gasteiger partial charge in [-0.1, -0.05) is 26.7 Å². The van der Waals surface area contributed by atoms with E-state index in [1.165, 1.54) is 0 Å². The Morgan fingerprint density at radius 2 is 2.07 bits per heavy atom. The Kier molecular flexibility index (Phi) is 5.50. The van der Waals surface area contributed by atoms with E-state index in [0.29, 0.717) is 12.3 Å². The Balaban J connectivity index is 3.59. The molecule has 14 heavy (non-hydrogen) atoms. The SMILES string of the molecule is [CH2+]C(F)(F)C(=O)OCCC(C)CCC. The summed E-state index contributed by atoms with van der Waals surface area (Å²) < 4.78 is 28.8. The molecule has 1 unspecified atom stereocenters. The van der Waals surface area contributed by atoms with Crippen LogP contribution in [0.1, 0.15) is 33.1 Å². The molecule has 0 saturated carbocycles. The number of esters is 1. The minimum Gasteiger partial charge on any atom is -0.458 e. The summed E-state index contributed by atoms with van der Waals surface area (Å²) in [6.07, 6.45) is 2.68. The Morgan fingerprint density at radius 1 is 1.50 bits per heavy atom. The maximum Gasteiger partial charge on any atom is 0.483 e. The highest BCUT2D eigenvalue weighted by Gasteiger charge is 2.43. The van der Waals surface area contributed by atoms with Crippen LogP contribution in [0.5, 0.6) is 0 Å². The topological polar surface area (TPSA) is 26.3 Å². The molecule has 0 aliphatic rings. The molecule has 0 aromatic carbocycles. The Morgan fingerprint density at radius 3 is 2.50 bits per heavy atom. The van der Waals surface area contributed by atoms with E-state index in [4.69, 9.17) is 0 Å². The maximum atomic E-state index is 12.2. The minimum absolute atomic E-state index is 0.0467. The van der Waals surface area contributed by atoms with Crippen molar-refractivity contribution in [1.29, 1.82) is 0 Å². The van der Waals surface area contributed by atoms with Crippen LogP contribution < -0.4 is 0 Å². The second kappa shape index (κ2) is 5.83. The van der Waals surface area contributed by atoms with Gasteiger partial charge in [-0.2, -0.15) is 0 Å². The van der Waals surface area contributed by atoms with Crippen molar-refractivity contribution in [2.45, 2.75) is 39.0 Å². The van der Waals surface area contributed by atoms with Crippen LogP contribution in [0.4, 0.5) is 8.78 Å². The fraction of sp³-hybridized carbons (Fsp3) is 0.800. The summed E-state index contributed by atoms with van der Waals surface area (Å²) in [5.74, 6) is -4.76. The molecule has 0 amide bonds. The summed E-state index contributed by atoms with van der Waals surface area (Å²) in [6, 6.07) is 0. The highest BCUT2D eigenvalue weighted by Crippen LogP contribution is 2.14. The first kappa shape index (κ1) is 13.2. The zero-order chi connectivity index (χ0) is 11.2. The number of hydrogen-bond donors (Lipinski definition) is 0. The summed E-state index contributed by atoms with van der Waals surface area (Å²) in [5.41, 5.74) is 0. The normalized spacial score (nSPS) is 13.7. The molecule has 82 valence electrons. The third-order valence-corrected chi connectivity index (χ3v) is 1.92. The quantitative estimate of drug-likeness (QED) is 0.494. The van der Waals surface area contributed by atoms with Gasteiger partial charge in [-0.25, -0.2) is 4.79 Å². The zero-order valence-corrected chi connectivity index (χ0v) is 8.69. The molecule has 4 heteroatoms. The van der Waals surface area contributed by atoms with E-state index in [0.717, 1.165) is 12.8 Å². The smallest absolute Gasteiger partial charge is 0.458 e. The molecule has 0 aromatic heterocycles. The van der Waals surface area contributed by atoms with Gasteiger partial charge in [0.1, 0.15) is 6.92 Å². The minimum atomic E-state index is -3.62. The van der Waals surface area contributed by atoms with Gasteiger partial charge in [-0.05, 0) is 12.3 Å². The molecule has 0 spiro atoms. The number of alkyl halides is 2. The molecule has 0 saturated heterocycles. The fourth-order valence-corrected chi connectivity index (χ4v) is 1.10. The van der Waals surface area contributed by atoms with E-state index in [9.17, 15) is 13.6 Å². The van der Waals surface area contributed by atoms with Gasteiger partial charge < -0.3 is 4.74 Å². The standard InChI is InChI=1S/C10H17F2O2/c1-4-5-8(2)6-7-14-9(13)10(3,11)12/h8H,3-7H2,1-2H3/q+1. The van der Waals surface area contributed by atoms with Gasteiger partial charge >= 0.3 is 11.9 Å². The summed E-state index contributed by atoms with van der Waals surface area (Å²) in [7, 11) is 0. The van der Waals surface area contributed by atoms with Crippen molar-refractivity contribution in [2.75, 3.05) is 6.61 Å². The molecule has 0 fully saturated rings. The predicted octanol–water partition coefficient (Wildman–Crippen LogP) is 2.83. The third-order valence-electron chi connectivity index (χ3n) is 1.92. The molecular weight excluding hydrogens is 190 g/mol. The molecular formula is C10H17F2O2+. The Bertz CT molecular complexity index is 175. The average Bonchev–Trinajstić information content (AvgIpc) is 2.02. The molecule has 0 aromatic rings. The molecule has 1 atom stereocenters. The molecule has 0 N–H and O–H groups in total. The molecule has 0 bridgehead atoms. The Labute approximate surface area is 83.6 Å². The first-order valence-electron chi connectivity index (χ1n) is 4.78. The molecule has 0 rings (SSSR count). The molecule has 0 heterocycles. The first-order chi connectivity index (χ1) is 6.38. The van der Waals surface area contributed by atoms with Crippen molar-refractivity contribution in [2.24, 2.45) is 5.92 Å². The van der Waals surface area contributed by atoms with Crippen molar-refractivity contribution >= 4 is 5.97 Å². The van der Waals surface area contributed by atoms with E-state index < -0.39 is 11.9 Å². The van der Waals surface area contributed by atoms with Crippen LogP contribution >= 0.6 is 0 Å². The van der Waals surface area contributed by atoms with Crippen LogP contribution in [-0.2, 0) is 9.53 Å². The highest BCUT2D eigenvalue weighted by molar-refractivity contribution is 5.78. The summed E-state index contributed by atoms with van der Waals surface area (Å²) in [6.45, 7) is 6.49. The average molecular weight is 207 g/mol. The van der Waals surface area contributed by atoms with Crippen molar-refractivity contribution in [3.8, 4) is 0 Å². The number of rotatable bonds is 6. The maximum absolute atomic E-state index is 12.2. The lowest BCUT2D eigenvalue weighted by atomic mass is 10.0. The van der Waals surface area contributed by atoms with Crippen LogP contribution in [-0.4, -0.2) is 18.5 Å².